The van der Waals surface area contributed by atoms with Crippen LogP contribution in [0.2, 0.25) is 0 Å². The number of aliphatic hydroxyl groups is 3. The Morgan fingerprint density at radius 2 is 0.698 bits per heavy atom. The van der Waals surface area contributed by atoms with Gasteiger partial charge in [0.05, 0.1) is 18.8 Å². The fourth-order valence-corrected chi connectivity index (χ4v) is 8.25. The van der Waals surface area contributed by atoms with E-state index in [1.807, 2.05) is 6.08 Å². The fourth-order valence-electron chi connectivity index (χ4n) is 8.25. The quantitative estimate of drug-likeness (QED) is 0.0362. The zero-order chi connectivity index (χ0) is 45.8. The minimum Gasteiger partial charge on any atom is -0.394 e. The lowest BCUT2D eigenvalue weighted by Gasteiger charge is -2.21. The molecule has 4 N–H and O–H groups in total. The highest BCUT2D eigenvalue weighted by Gasteiger charge is 2.22. The number of amides is 1. The zero-order valence-corrected chi connectivity index (χ0v) is 42.0. The van der Waals surface area contributed by atoms with Crippen LogP contribution in [0.3, 0.4) is 0 Å². The first-order valence-electron chi connectivity index (χ1n) is 27.6. The topological polar surface area (TPSA) is 89.8 Å². The standard InChI is InChI=1S/C58H107NO4/c1-3-5-7-9-11-13-15-17-19-21-23-25-27-29-31-32-34-36-38-40-42-44-46-48-50-52-56(61)55(54-60)59-58(63)57(62)53-51-49-47-45-43-41-39-37-35-33-30-28-26-24-22-20-18-16-14-12-10-8-6-4-2/h24,26,30,33-34,36,42,44,50,52,55-57,60-62H,3-23,25,27-29,31-32,35,37-41,43,45-49,51,53-54H2,1-2H3,(H,59,63)/b26-24-,33-30-,36-34+,44-42+,52-50+. The van der Waals surface area contributed by atoms with E-state index in [0.717, 1.165) is 51.4 Å². The van der Waals surface area contributed by atoms with Crippen molar-refractivity contribution in [3.63, 3.8) is 0 Å². The third-order valence-corrected chi connectivity index (χ3v) is 12.6. The van der Waals surface area contributed by atoms with E-state index in [2.05, 4.69) is 67.8 Å². The van der Waals surface area contributed by atoms with Crippen LogP contribution in [0.4, 0.5) is 0 Å². The van der Waals surface area contributed by atoms with E-state index in [1.165, 1.54) is 205 Å². The van der Waals surface area contributed by atoms with Crippen molar-refractivity contribution in [3.8, 4) is 0 Å². The van der Waals surface area contributed by atoms with Crippen molar-refractivity contribution < 1.29 is 20.1 Å². The van der Waals surface area contributed by atoms with E-state index in [4.69, 9.17) is 0 Å². The number of carbonyl (C=O) groups excluding carboxylic acids is 1. The van der Waals surface area contributed by atoms with Crippen molar-refractivity contribution in [3.05, 3.63) is 60.8 Å². The van der Waals surface area contributed by atoms with Gasteiger partial charge in [-0.05, 0) is 77.0 Å². The highest BCUT2D eigenvalue weighted by atomic mass is 16.3. The van der Waals surface area contributed by atoms with E-state index in [9.17, 15) is 20.1 Å². The second-order valence-corrected chi connectivity index (χ2v) is 18.8. The molecule has 0 aromatic carbocycles. The Kier molecular flexibility index (Phi) is 51.0. The smallest absolute Gasteiger partial charge is 0.249 e. The van der Waals surface area contributed by atoms with Crippen molar-refractivity contribution in [1.82, 2.24) is 5.32 Å². The zero-order valence-electron chi connectivity index (χ0n) is 42.0. The molecule has 368 valence electrons. The molecule has 5 nitrogen and oxygen atoms in total. The Balaban J connectivity index is 3.68. The second-order valence-electron chi connectivity index (χ2n) is 18.8. The molecule has 0 saturated carbocycles. The summed E-state index contributed by atoms with van der Waals surface area (Å²) in [6.45, 7) is 4.19. The summed E-state index contributed by atoms with van der Waals surface area (Å²) in [5, 5.41) is 33.3. The Morgan fingerprint density at radius 3 is 1.06 bits per heavy atom. The molecule has 1 amide bonds. The van der Waals surface area contributed by atoms with E-state index < -0.39 is 24.2 Å². The summed E-state index contributed by atoms with van der Waals surface area (Å²) in [5.74, 6) is -0.521. The molecule has 0 aromatic heterocycles. The van der Waals surface area contributed by atoms with Gasteiger partial charge in [0.25, 0.3) is 0 Å². The molecular formula is C58H107NO4. The van der Waals surface area contributed by atoms with Gasteiger partial charge in [0.2, 0.25) is 5.91 Å². The van der Waals surface area contributed by atoms with Crippen LogP contribution in [0.1, 0.15) is 277 Å². The number of unbranched alkanes of at least 4 members (excludes halogenated alkanes) is 34. The lowest BCUT2D eigenvalue weighted by molar-refractivity contribution is -0.131. The Labute approximate surface area is 392 Å². The number of nitrogens with one attached hydrogen (secondary N) is 1. The predicted octanol–water partition coefficient (Wildman–Crippen LogP) is 17.0. The molecular weight excluding hydrogens is 775 g/mol. The third kappa shape index (κ3) is 47.8. The van der Waals surface area contributed by atoms with Gasteiger partial charge in [-0.3, -0.25) is 4.79 Å². The Bertz CT molecular complexity index is 1060. The van der Waals surface area contributed by atoms with Crippen molar-refractivity contribution >= 4 is 5.91 Å². The molecule has 0 spiro atoms. The molecule has 0 aliphatic rings. The van der Waals surface area contributed by atoms with Crippen molar-refractivity contribution in [1.29, 1.82) is 0 Å². The van der Waals surface area contributed by atoms with Gasteiger partial charge in [0, 0.05) is 0 Å². The molecule has 0 heterocycles. The molecule has 63 heavy (non-hydrogen) atoms. The summed E-state index contributed by atoms with van der Waals surface area (Å²) in [4.78, 5) is 12.5. The Morgan fingerprint density at radius 1 is 0.397 bits per heavy atom. The number of hydrogen-bond donors (Lipinski definition) is 4. The van der Waals surface area contributed by atoms with Crippen molar-refractivity contribution in [2.24, 2.45) is 0 Å². The highest BCUT2D eigenvalue weighted by molar-refractivity contribution is 5.80. The largest absolute Gasteiger partial charge is 0.394 e. The van der Waals surface area contributed by atoms with Gasteiger partial charge in [-0.1, -0.05) is 261 Å². The SMILES string of the molecule is CCCCCCCCCCC/C=C\C/C=C\CCCCCCCCCCC(O)C(=O)NC(CO)C(O)/C=C/CC/C=C/CC/C=C/CCCCCCCCCCCCCCCCC. The van der Waals surface area contributed by atoms with Gasteiger partial charge in [0.1, 0.15) is 6.10 Å². The summed E-state index contributed by atoms with van der Waals surface area (Å²) in [7, 11) is 0. The number of allylic oxidation sites excluding steroid dienone is 9. The Hall–Kier alpha value is -1.95. The van der Waals surface area contributed by atoms with Gasteiger partial charge in [-0.25, -0.2) is 0 Å². The number of aliphatic hydroxyl groups excluding tert-OH is 3. The van der Waals surface area contributed by atoms with Crippen LogP contribution < -0.4 is 5.32 Å². The molecule has 0 fully saturated rings. The molecule has 5 heteroatoms. The minimum atomic E-state index is -1.12. The molecule has 0 aliphatic carbocycles. The number of rotatable bonds is 50. The van der Waals surface area contributed by atoms with Gasteiger partial charge >= 0.3 is 0 Å². The minimum absolute atomic E-state index is 0.385. The van der Waals surface area contributed by atoms with Crippen LogP contribution in [0, 0.1) is 0 Å². The van der Waals surface area contributed by atoms with Gasteiger partial charge in [-0.15, -0.1) is 0 Å². The van der Waals surface area contributed by atoms with Crippen LogP contribution in [0.5, 0.6) is 0 Å². The van der Waals surface area contributed by atoms with Crippen LogP contribution in [-0.2, 0) is 4.79 Å². The molecule has 3 atom stereocenters. The summed E-state index contributed by atoms with van der Waals surface area (Å²) >= 11 is 0. The first kappa shape index (κ1) is 61.0. The first-order valence-corrected chi connectivity index (χ1v) is 27.6. The fraction of sp³-hybridized carbons (Fsp3) is 0.810. The van der Waals surface area contributed by atoms with Crippen LogP contribution in [-0.4, -0.2) is 46.1 Å². The predicted molar refractivity (Wildman–Crippen MR) is 277 cm³/mol. The van der Waals surface area contributed by atoms with Crippen molar-refractivity contribution in [2.45, 2.75) is 295 Å². The summed E-state index contributed by atoms with van der Waals surface area (Å²) in [5.41, 5.74) is 0. The van der Waals surface area contributed by atoms with Gasteiger partial charge in [0.15, 0.2) is 0 Å². The lowest BCUT2D eigenvalue weighted by Crippen LogP contribution is -2.48. The highest BCUT2D eigenvalue weighted by Crippen LogP contribution is 2.16. The van der Waals surface area contributed by atoms with E-state index in [-0.39, 0.29) is 6.61 Å². The average molecular weight is 882 g/mol. The molecule has 3 unspecified atom stereocenters. The van der Waals surface area contributed by atoms with Gasteiger partial charge in [-0.2, -0.15) is 0 Å². The summed E-state index contributed by atoms with van der Waals surface area (Å²) < 4.78 is 0. The summed E-state index contributed by atoms with van der Waals surface area (Å²) in [6.07, 6.45) is 71.5. The third-order valence-electron chi connectivity index (χ3n) is 12.6. The molecule has 0 rings (SSSR count). The van der Waals surface area contributed by atoms with Crippen LogP contribution in [0.25, 0.3) is 0 Å². The monoisotopic (exact) mass is 882 g/mol. The normalized spacial score (nSPS) is 13.8. The molecule has 0 bridgehead atoms. The van der Waals surface area contributed by atoms with E-state index in [1.54, 1.807) is 6.08 Å². The van der Waals surface area contributed by atoms with E-state index in [0.29, 0.717) is 6.42 Å². The molecule has 0 aliphatic heterocycles. The lowest BCUT2D eigenvalue weighted by atomic mass is 10.0. The maximum atomic E-state index is 12.5. The maximum Gasteiger partial charge on any atom is 0.249 e. The number of hydrogen-bond acceptors (Lipinski definition) is 4. The second kappa shape index (κ2) is 52.7. The molecule has 0 saturated heterocycles. The molecule has 0 radical (unpaired) electrons. The average Bonchev–Trinajstić information content (AvgIpc) is 3.29. The van der Waals surface area contributed by atoms with Crippen LogP contribution >= 0.6 is 0 Å². The molecule has 0 aromatic rings. The number of carbonyl (C=O) groups is 1. The van der Waals surface area contributed by atoms with E-state index >= 15 is 0 Å². The van der Waals surface area contributed by atoms with Crippen molar-refractivity contribution in [2.75, 3.05) is 6.61 Å². The first-order chi connectivity index (χ1) is 31.1. The van der Waals surface area contributed by atoms with Gasteiger partial charge < -0.3 is 20.6 Å². The summed E-state index contributed by atoms with van der Waals surface area (Å²) in [6, 6.07) is -0.827. The maximum absolute atomic E-state index is 12.5. The van der Waals surface area contributed by atoms with Crippen LogP contribution in [0.15, 0.2) is 60.8 Å².